The molecule has 7 heteroatoms. The maximum absolute atomic E-state index is 6.36. The fourth-order valence-corrected chi connectivity index (χ4v) is 2.85. The van der Waals surface area contributed by atoms with Crippen molar-refractivity contribution in [2.45, 2.75) is 38.1 Å². The molecule has 1 aliphatic carbocycles. The summed E-state index contributed by atoms with van der Waals surface area (Å²) in [6.45, 7) is 2.51. The van der Waals surface area contributed by atoms with Crippen molar-refractivity contribution in [2.75, 3.05) is 13.7 Å². The van der Waals surface area contributed by atoms with Crippen LogP contribution in [0.5, 0.6) is 11.5 Å². The molecule has 6 nitrogen and oxygen atoms in total. The number of benzene rings is 1. The molecule has 0 aliphatic heterocycles. The summed E-state index contributed by atoms with van der Waals surface area (Å²) in [4.78, 5) is 4.49. The molecule has 0 spiro atoms. The highest BCUT2D eigenvalue weighted by Crippen LogP contribution is 2.36. The van der Waals surface area contributed by atoms with E-state index in [9.17, 15) is 0 Å². The van der Waals surface area contributed by atoms with E-state index in [0.29, 0.717) is 29.8 Å². The van der Waals surface area contributed by atoms with Gasteiger partial charge in [-0.3, -0.25) is 0 Å². The minimum Gasteiger partial charge on any atom is -0.493 e. The molecule has 1 aromatic carbocycles. The van der Waals surface area contributed by atoms with Crippen LogP contribution in [-0.2, 0) is 5.54 Å². The lowest BCUT2D eigenvalue weighted by Crippen LogP contribution is -2.34. The first-order chi connectivity index (χ1) is 10.7. The third-order valence-electron chi connectivity index (χ3n) is 4.08. The zero-order valence-electron chi connectivity index (χ0n) is 13.4. The van der Waals surface area contributed by atoms with Gasteiger partial charge in [0.15, 0.2) is 17.3 Å². The average Bonchev–Trinajstić information content (AvgIpc) is 3.18. The largest absolute Gasteiger partial charge is 0.493 e. The maximum atomic E-state index is 6.36. The first-order valence-electron chi connectivity index (χ1n) is 7.60. The van der Waals surface area contributed by atoms with Gasteiger partial charge in [-0.2, -0.15) is 4.98 Å². The third-order valence-corrected chi connectivity index (χ3v) is 4.08. The number of hydrogen-bond acceptors (Lipinski definition) is 6. The molecule has 1 aromatic heterocycles. The van der Waals surface area contributed by atoms with E-state index in [2.05, 4.69) is 10.1 Å². The molecular formula is C16H22ClN3O3. The smallest absolute Gasteiger partial charge is 0.258 e. The van der Waals surface area contributed by atoms with Crippen LogP contribution in [0.3, 0.4) is 0 Å². The van der Waals surface area contributed by atoms with E-state index in [1.807, 2.05) is 25.1 Å². The first kappa shape index (κ1) is 17.6. The SMILES string of the molecule is CCOc1ccc(-c2nc(C3(N)CCCC3)no2)cc1OC.Cl. The third kappa shape index (κ3) is 3.43. The lowest BCUT2D eigenvalue weighted by atomic mass is 9.99. The number of ether oxygens (including phenoxy) is 2. The minimum atomic E-state index is -0.447. The summed E-state index contributed by atoms with van der Waals surface area (Å²) in [5, 5.41) is 4.08. The van der Waals surface area contributed by atoms with Gasteiger partial charge in [0.25, 0.3) is 5.89 Å². The van der Waals surface area contributed by atoms with Crippen molar-refractivity contribution < 1.29 is 14.0 Å². The van der Waals surface area contributed by atoms with Gasteiger partial charge in [0.05, 0.1) is 19.3 Å². The molecule has 126 valence electrons. The van der Waals surface area contributed by atoms with E-state index in [1.165, 1.54) is 0 Å². The van der Waals surface area contributed by atoms with Crippen LogP contribution in [0.1, 0.15) is 38.4 Å². The van der Waals surface area contributed by atoms with Crippen LogP contribution >= 0.6 is 12.4 Å². The van der Waals surface area contributed by atoms with Crippen LogP contribution in [0.4, 0.5) is 0 Å². The number of hydrogen-bond donors (Lipinski definition) is 1. The quantitative estimate of drug-likeness (QED) is 0.899. The van der Waals surface area contributed by atoms with Crippen molar-refractivity contribution in [2.24, 2.45) is 5.73 Å². The Balaban J connectivity index is 0.00000192. The van der Waals surface area contributed by atoms with Crippen molar-refractivity contribution in [3.63, 3.8) is 0 Å². The van der Waals surface area contributed by atoms with E-state index < -0.39 is 5.54 Å². The van der Waals surface area contributed by atoms with E-state index in [0.717, 1.165) is 31.2 Å². The van der Waals surface area contributed by atoms with E-state index >= 15 is 0 Å². The van der Waals surface area contributed by atoms with Gasteiger partial charge in [-0.15, -0.1) is 12.4 Å². The molecule has 0 atom stereocenters. The van der Waals surface area contributed by atoms with Crippen LogP contribution < -0.4 is 15.2 Å². The van der Waals surface area contributed by atoms with Crippen molar-refractivity contribution in [1.29, 1.82) is 0 Å². The van der Waals surface area contributed by atoms with Crippen molar-refractivity contribution >= 4 is 12.4 Å². The molecule has 0 bridgehead atoms. The van der Waals surface area contributed by atoms with Gasteiger partial charge in [0.1, 0.15) is 0 Å². The van der Waals surface area contributed by atoms with Crippen LogP contribution in [0.2, 0.25) is 0 Å². The van der Waals surface area contributed by atoms with Crippen LogP contribution in [0.25, 0.3) is 11.5 Å². The van der Waals surface area contributed by atoms with Gasteiger partial charge in [0, 0.05) is 5.56 Å². The number of nitrogens with two attached hydrogens (primary N) is 1. The van der Waals surface area contributed by atoms with Crippen LogP contribution in [0, 0.1) is 0 Å². The number of nitrogens with zero attached hydrogens (tertiary/aromatic N) is 2. The average molecular weight is 340 g/mol. The topological polar surface area (TPSA) is 83.4 Å². The van der Waals surface area contributed by atoms with Crippen molar-refractivity contribution in [3.05, 3.63) is 24.0 Å². The summed E-state index contributed by atoms with van der Waals surface area (Å²) in [6, 6.07) is 5.55. The summed E-state index contributed by atoms with van der Waals surface area (Å²) < 4.78 is 16.2. The van der Waals surface area contributed by atoms with E-state index in [4.69, 9.17) is 19.7 Å². The number of methoxy groups -OCH3 is 1. The van der Waals surface area contributed by atoms with Gasteiger partial charge < -0.3 is 19.7 Å². The molecular weight excluding hydrogens is 318 g/mol. The van der Waals surface area contributed by atoms with Gasteiger partial charge in [-0.05, 0) is 38.0 Å². The number of aromatic nitrogens is 2. The summed E-state index contributed by atoms with van der Waals surface area (Å²) >= 11 is 0. The maximum Gasteiger partial charge on any atom is 0.258 e. The number of halogens is 1. The molecule has 0 radical (unpaired) electrons. The molecule has 0 saturated heterocycles. The predicted molar refractivity (Wildman–Crippen MR) is 89.0 cm³/mol. The molecule has 1 heterocycles. The summed E-state index contributed by atoms with van der Waals surface area (Å²) in [6.07, 6.45) is 4.02. The van der Waals surface area contributed by atoms with Crippen molar-refractivity contribution in [3.8, 4) is 23.0 Å². The fraction of sp³-hybridized carbons (Fsp3) is 0.500. The summed E-state index contributed by atoms with van der Waals surface area (Å²) in [7, 11) is 1.61. The highest BCUT2D eigenvalue weighted by Gasteiger charge is 2.36. The normalized spacial score (nSPS) is 16.0. The molecule has 1 fully saturated rings. The van der Waals surface area contributed by atoms with Crippen LogP contribution in [0.15, 0.2) is 22.7 Å². The second-order valence-electron chi connectivity index (χ2n) is 5.59. The van der Waals surface area contributed by atoms with E-state index in [-0.39, 0.29) is 12.4 Å². The Kier molecular flexibility index (Phi) is 5.49. The summed E-state index contributed by atoms with van der Waals surface area (Å²) in [5.41, 5.74) is 6.71. The molecule has 2 aromatic rings. The second-order valence-corrected chi connectivity index (χ2v) is 5.59. The zero-order valence-corrected chi connectivity index (χ0v) is 14.2. The van der Waals surface area contributed by atoms with Crippen LogP contribution in [-0.4, -0.2) is 23.9 Å². The fourth-order valence-electron chi connectivity index (χ4n) is 2.85. The Morgan fingerprint density at radius 2 is 2.00 bits per heavy atom. The highest BCUT2D eigenvalue weighted by molar-refractivity contribution is 5.85. The lowest BCUT2D eigenvalue weighted by molar-refractivity contribution is 0.311. The molecule has 0 amide bonds. The highest BCUT2D eigenvalue weighted by atomic mass is 35.5. The Labute approximate surface area is 141 Å². The Morgan fingerprint density at radius 1 is 1.26 bits per heavy atom. The first-order valence-corrected chi connectivity index (χ1v) is 7.60. The monoisotopic (exact) mass is 339 g/mol. The van der Waals surface area contributed by atoms with Gasteiger partial charge in [0.2, 0.25) is 0 Å². The second kappa shape index (κ2) is 7.19. The van der Waals surface area contributed by atoms with Gasteiger partial charge in [-0.1, -0.05) is 18.0 Å². The lowest BCUT2D eigenvalue weighted by Gasteiger charge is -2.17. The number of rotatable bonds is 5. The molecule has 1 saturated carbocycles. The molecule has 2 N–H and O–H groups in total. The Bertz CT molecular complexity index is 654. The molecule has 3 rings (SSSR count). The minimum absolute atomic E-state index is 0. The molecule has 0 unspecified atom stereocenters. The van der Waals surface area contributed by atoms with Crippen molar-refractivity contribution in [1.82, 2.24) is 10.1 Å². The molecule has 23 heavy (non-hydrogen) atoms. The summed E-state index contributed by atoms with van der Waals surface area (Å²) in [5.74, 6) is 2.38. The van der Waals surface area contributed by atoms with E-state index in [1.54, 1.807) is 7.11 Å². The molecule has 1 aliphatic rings. The van der Waals surface area contributed by atoms with Gasteiger partial charge >= 0.3 is 0 Å². The zero-order chi connectivity index (χ0) is 15.6. The Morgan fingerprint density at radius 3 is 2.65 bits per heavy atom. The standard InChI is InChI=1S/C16H21N3O3.ClH/c1-3-21-12-7-6-11(10-13(12)20-2)14-18-15(19-22-14)16(17)8-4-5-9-16;/h6-7,10H,3-5,8-9,17H2,1-2H3;1H. The van der Waals surface area contributed by atoms with Gasteiger partial charge in [-0.25, -0.2) is 0 Å². The Hall–Kier alpha value is -1.79. The predicted octanol–water partition coefficient (Wildman–Crippen LogP) is 3.29.